The van der Waals surface area contributed by atoms with Crippen LogP contribution in [0, 0.1) is 0 Å². The average Bonchev–Trinajstić information content (AvgIpc) is 2.30. The lowest BCUT2D eigenvalue weighted by atomic mass is 10.1. The molecule has 0 aliphatic carbocycles. The number of aliphatic hydroxyl groups is 1. The normalized spacial score (nSPS) is 12.5. The molecule has 0 saturated heterocycles. The van der Waals surface area contributed by atoms with Gasteiger partial charge in [0.2, 0.25) is 0 Å². The molecule has 0 saturated carbocycles. The van der Waals surface area contributed by atoms with E-state index < -0.39 is 6.10 Å². The van der Waals surface area contributed by atoms with Gasteiger partial charge in [0.1, 0.15) is 5.75 Å². The summed E-state index contributed by atoms with van der Waals surface area (Å²) in [5.74, 6) is 0.681. The van der Waals surface area contributed by atoms with Crippen molar-refractivity contribution in [1.82, 2.24) is 0 Å². The molecular weight excluding hydrogens is 240 g/mol. The maximum atomic E-state index is 9.61. The standard InChI is InChI=1S/C13H19ClO3/c1-3-16-7-4-8-17-13-6-5-11(14)9-12(13)10(2)15/h5-6,9-10,15H,3-4,7-8H2,1-2H3. The monoisotopic (exact) mass is 258 g/mol. The van der Waals surface area contributed by atoms with Crippen molar-refractivity contribution in [2.24, 2.45) is 0 Å². The number of aliphatic hydroxyl groups excluding tert-OH is 1. The average molecular weight is 259 g/mol. The fourth-order valence-electron chi connectivity index (χ4n) is 1.46. The van der Waals surface area contributed by atoms with Crippen LogP contribution in [-0.4, -0.2) is 24.9 Å². The van der Waals surface area contributed by atoms with Crippen molar-refractivity contribution in [3.8, 4) is 5.75 Å². The first-order valence-corrected chi connectivity index (χ1v) is 6.21. The molecule has 0 radical (unpaired) electrons. The second kappa shape index (κ2) is 7.54. The molecule has 0 aliphatic heterocycles. The molecule has 4 heteroatoms. The Balaban J connectivity index is 2.52. The number of benzene rings is 1. The summed E-state index contributed by atoms with van der Waals surface area (Å²) < 4.78 is 10.8. The summed E-state index contributed by atoms with van der Waals surface area (Å²) >= 11 is 5.88. The second-order valence-corrected chi connectivity index (χ2v) is 4.19. The molecule has 1 N–H and O–H groups in total. The minimum Gasteiger partial charge on any atom is -0.493 e. The van der Waals surface area contributed by atoms with Crippen LogP contribution in [0.2, 0.25) is 5.02 Å². The topological polar surface area (TPSA) is 38.7 Å². The van der Waals surface area contributed by atoms with Gasteiger partial charge in [-0.15, -0.1) is 0 Å². The molecule has 0 bridgehead atoms. The molecule has 1 aromatic rings. The van der Waals surface area contributed by atoms with Crippen LogP contribution in [0.3, 0.4) is 0 Å². The summed E-state index contributed by atoms with van der Waals surface area (Å²) in [6.07, 6.45) is 0.242. The van der Waals surface area contributed by atoms with Crippen LogP contribution in [0.25, 0.3) is 0 Å². The van der Waals surface area contributed by atoms with E-state index in [1.54, 1.807) is 25.1 Å². The Morgan fingerprint density at radius 1 is 1.35 bits per heavy atom. The van der Waals surface area contributed by atoms with E-state index in [-0.39, 0.29) is 0 Å². The highest BCUT2D eigenvalue weighted by Gasteiger charge is 2.09. The molecule has 0 amide bonds. The Bertz CT molecular complexity index is 339. The molecule has 0 aromatic heterocycles. The molecule has 17 heavy (non-hydrogen) atoms. The van der Waals surface area contributed by atoms with Gasteiger partial charge in [-0.1, -0.05) is 11.6 Å². The van der Waals surface area contributed by atoms with Crippen LogP contribution >= 0.6 is 11.6 Å². The predicted molar refractivity (Wildman–Crippen MR) is 68.7 cm³/mol. The molecule has 1 aromatic carbocycles. The molecule has 3 nitrogen and oxygen atoms in total. The molecule has 1 rings (SSSR count). The lowest BCUT2D eigenvalue weighted by Gasteiger charge is -2.13. The van der Waals surface area contributed by atoms with Crippen molar-refractivity contribution >= 4 is 11.6 Å². The van der Waals surface area contributed by atoms with E-state index in [0.717, 1.165) is 13.0 Å². The van der Waals surface area contributed by atoms with E-state index in [9.17, 15) is 5.11 Å². The van der Waals surface area contributed by atoms with Crippen LogP contribution in [0.5, 0.6) is 5.75 Å². The van der Waals surface area contributed by atoms with E-state index in [0.29, 0.717) is 29.5 Å². The zero-order chi connectivity index (χ0) is 12.7. The van der Waals surface area contributed by atoms with Gasteiger partial charge < -0.3 is 14.6 Å². The summed E-state index contributed by atoms with van der Waals surface area (Å²) in [5, 5.41) is 10.2. The van der Waals surface area contributed by atoms with Crippen molar-refractivity contribution < 1.29 is 14.6 Å². The maximum absolute atomic E-state index is 9.61. The largest absolute Gasteiger partial charge is 0.493 e. The minimum atomic E-state index is -0.587. The smallest absolute Gasteiger partial charge is 0.125 e. The van der Waals surface area contributed by atoms with Crippen LogP contribution in [-0.2, 0) is 4.74 Å². The van der Waals surface area contributed by atoms with Crippen molar-refractivity contribution in [2.45, 2.75) is 26.4 Å². The summed E-state index contributed by atoms with van der Waals surface area (Å²) in [4.78, 5) is 0. The lowest BCUT2D eigenvalue weighted by molar-refractivity contribution is 0.129. The molecule has 0 spiro atoms. The molecule has 0 heterocycles. The zero-order valence-electron chi connectivity index (χ0n) is 10.3. The van der Waals surface area contributed by atoms with Gasteiger partial charge in [0, 0.05) is 30.2 Å². The third-order valence-corrected chi connectivity index (χ3v) is 2.55. The molecule has 96 valence electrons. The summed E-state index contributed by atoms with van der Waals surface area (Å²) in [5.41, 5.74) is 0.717. The van der Waals surface area contributed by atoms with E-state index in [2.05, 4.69) is 0 Å². The van der Waals surface area contributed by atoms with Gasteiger partial charge >= 0.3 is 0 Å². The van der Waals surface area contributed by atoms with Crippen LogP contribution in [0.1, 0.15) is 31.9 Å². The number of ether oxygens (including phenoxy) is 2. The highest BCUT2D eigenvalue weighted by Crippen LogP contribution is 2.28. The Labute approximate surface area is 107 Å². The van der Waals surface area contributed by atoms with Gasteiger partial charge in [0.05, 0.1) is 12.7 Å². The quantitative estimate of drug-likeness (QED) is 0.764. The fraction of sp³-hybridized carbons (Fsp3) is 0.538. The first-order chi connectivity index (χ1) is 8.15. The SMILES string of the molecule is CCOCCCOc1ccc(Cl)cc1C(C)O. The first-order valence-electron chi connectivity index (χ1n) is 5.83. The van der Waals surface area contributed by atoms with E-state index in [1.165, 1.54) is 0 Å². The zero-order valence-corrected chi connectivity index (χ0v) is 11.0. The minimum absolute atomic E-state index is 0.571. The second-order valence-electron chi connectivity index (χ2n) is 3.76. The van der Waals surface area contributed by atoms with Gasteiger partial charge in [0.25, 0.3) is 0 Å². The Morgan fingerprint density at radius 2 is 2.12 bits per heavy atom. The van der Waals surface area contributed by atoms with Crippen LogP contribution < -0.4 is 4.74 Å². The molecule has 1 atom stereocenters. The maximum Gasteiger partial charge on any atom is 0.125 e. The molecular formula is C13H19ClO3. The van der Waals surface area contributed by atoms with E-state index in [1.807, 2.05) is 6.92 Å². The van der Waals surface area contributed by atoms with Crippen LogP contribution in [0.15, 0.2) is 18.2 Å². The van der Waals surface area contributed by atoms with Crippen molar-refractivity contribution in [3.05, 3.63) is 28.8 Å². The summed E-state index contributed by atoms with van der Waals surface area (Å²) in [6, 6.07) is 5.26. The van der Waals surface area contributed by atoms with Gasteiger partial charge in [-0.25, -0.2) is 0 Å². The first kappa shape index (κ1) is 14.3. The predicted octanol–water partition coefficient (Wildman–Crippen LogP) is 3.20. The lowest BCUT2D eigenvalue weighted by Crippen LogP contribution is -2.05. The molecule has 1 unspecified atom stereocenters. The van der Waals surface area contributed by atoms with E-state index in [4.69, 9.17) is 21.1 Å². The summed E-state index contributed by atoms with van der Waals surface area (Å²) in [7, 11) is 0. The number of hydrogen-bond donors (Lipinski definition) is 1. The van der Waals surface area contributed by atoms with Crippen molar-refractivity contribution in [3.63, 3.8) is 0 Å². The molecule has 0 fully saturated rings. The highest BCUT2D eigenvalue weighted by molar-refractivity contribution is 6.30. The number of rotatable bonds is 7. The third-order valence-electron chi connectivity index (χ3n) is 2.32. The van der Waals surface area contributed by atoms with Crippen molar-refractivity contribution in [2.75, 3.05) is 19.8 Å². The highest BCUT2D eigenvalue weighted by atomic mass is 35.5. The van der Waals surface area contributed by atoms with Gasteiger partial charge in [-0.3, -0.25) is 0 Å². The van der Waals surface area contributed by atoms with Gasteiger partial charge in [0.15, 0.2) is 0 Å². The third kappa shape index (κ3) is 4.94. The Kier molecular flexibility index (Phi) is 6.34. The van der Waals surface area contributed by atoms with E-state index >= 15 is 0 Å². The number of hydrogen-bond acceptors (Lipinski definition) is 3. The Morgan fingerprint density at radius 3 is 2.76 bits per heavy atom. The van der Waals surface area contributed by atoms with Gasteiger partial charge in [-0.2, -0.15) is 0 Å². The number of halogens is 1. The van der Waals surface area contributed by atoms with Crippen LogP contribution in [0.4, 0.5) is 0 Å². The van der Waals surface area contributed by atoms with Crippen molar-refractivity contribution in [1.29, 1.82) is 0 Å². The fourth-order valence-corrected chi connectivity index (χ4v) is 1.65. The Hall–Kier alpha value is -0.770. The molecule has 0 aliphatic rings. The van der Waals surface area contributed by atoms with Gasteiger partial charge in [-0.05, 0) is 32.0 Å². The summed E-state index contributed by atoms with van der Waals surface area (Å²) in [6.45, 7) is 5.64.